The highest BCUT2D eigenvalue weighted by Crippen LogP contribution is 2.33. The molecule has 104 valence electrons. The largest absolute Gasteiger partial charge is 0.507 e. The van der Waals surface area contributed by atoms with Gasteiger partial charge in [-0.3, -0.25) is 0 Å². The first kappa shape index (κ1) is 14.1. The molecule has 0 saturated carbocycles. The zero-order chi connectivity index (χ0) is 13.7. The number of hydrogen-bond acceptors (Lipinski definition) is 3. The van der Waals surface area contributed by atoms with E-state index in [1.54, 1.807) is 14.2 Å². The predicted molar refractivity (Wildman–Crippen MR) is 76.0 cm³/mol. The van der Waals surface area contributed by atoms with Crippen LogP contribution in [0, 0.1) is 0 Å². The standard InChI is InChI=1S/C16H22O3/c1-18-10-14-8-13(12-6-4-3-5-7-12)9-15(11-19-2)16(14)17/h6,8-9,17H,3-5,7,10-11H2,1-2H3. The first-order chi connectivity index (χ1) is 9.26. The molecule has 0 spiro atoms. The molecule has 0 unspecified atom stereocenters. The molecule has 0 saturated heterocycles. The molecule has 2 rings (SSSR count). The van der Waals surface area contributed by atoms with Crippen molar-refractivity contribution in [2.75, 3.05) is 14.2 Å². The molecule has 0 bridgehead atoms. The molecule has 0 amide bonds. The Morgan fingerprint density at radius 1 is 1.05 bits per heavy atom. The van der Waals surface area contributed by atoms with Gasteiger partial charge in [-0.25, -0.2) is 0 Å². The van der Waals surface area contributed by atoms with Crippen LogP contribution in [0.2, 0.25) is 0 Å². The Hall–Kier alpha value is -1.32. The molecule has 1 aromatic carbocycles. The summed E-state index contributed by atoms with van der Waals surface area (Å²) >= 11 is 0. The lowest BCUT2D eigenvalue weighted by atomic mass is 9.91. The van der Waals surface area contributed by atoms with Gasteiger partial charge in [0.2, 0.25) is 0 Å². The molecule has 0 atom stereocenters. The normalized spacial score (nSPS) is 15.4. The minimum Gasteiger partial charge on any atom is -0.507 e. The Kier molecular flexibility index (Phi) is 5.00. The van der Waals surface area contributed by atoms with Gasteiger partial charge in [0.05, 0.1) is 13.2 Å². The van der Waals surface area contributed by atoms with Crippen LogP contribution in [0.4, 0.5) is 0 Å². The summed E-state index contributed by atoms with van der Waals surface area (Å²) in [7, 11) is 3.28. The topological polar surface area (TPSA) is 38.7 Å². The smallest absolute Gasteiger partial charge is 0.126 e. The highest BCUT2D eigenvalue weighted by Gasteiger charge is 2.13. The molecule has 1 aliphatic carbocycles. The second kappa shape index (κ2) is 6.73. The lowest BCUT2D eigenvalue weighted by Crippen LogP contribution is -1.99. The zero-order valence-electron chi connectivity index (χ0n) is 11.7. The van der Waals surface area contributed by atoms with Gasteiger partial charge in [0.25, 0.3) is 0 Å². The van der Waals surface area contributed by atoms with Crippen molar-refractivity contribution in [1.82, 2.24) is 0 Å². The first-order valence-electron chi connectivity index (χ1n) is 6.78. The average Bonchev–Trinajstić information content (AvgIpc) is 2.44. The van der Waals surface area contributed by atoms with Crippen molar-refractivity contribution in [2.45, 2.75) is 38.9 Å². The van der Waals surface area contributed by atoms with Gasteiger partial charge < -0.3 is 14.6 Å². The Bertz CT molecular complexity index is 436. The van der Waals surface area contributed by atoms with Crippen molar-refractivity contribution in [3.05, 3.63) is 34.9 Å². The van der Waals surface area contributed by atoms with Gasteiger partial charge in [0, 0.05) is 25.3 Å². The maximum Gasteiger partial charge on any atom is 0.126 e. The molecular weight excluding hydrogens is 240 g/mol. The van der Waals surface area contributed by atoms with Crippen molar-refractivity contribution in [1.29, 1.82) is 0 Å². The summed E-state index contributed by atoms with van der Waals surface area (Å²) < 4.78 is 10.3. The van der Waals surface area contributed by atoms with Gasteiger partial charge >= 0.3 is 0 Å². The maximum absolute atomic E-state index is 10.2. The van der Waals surface area contributed by atoms with Crippen LogP contribution in [0.15, 0.2) is 18.2 Å². The van der Waals surface area contributed by atoms with Gasteiger partial charge in [-0.05, 0) is 49.0 Å². The lowest BCUT2D eigenvalue weighted by Gasteiger charge is -2.17. The number of benzene rings is 1. The number of methoxy groups -OCH3 is 2. The molecule has 1 aliphatic rings. The van der Waals surface area contributed by atoms with Crippen LogP contribution in [0.1, 0.15) is 42.4 Å². The van der Waals surface area contributed by atoms with Crippen LogP contribution < -0.4 is 0 Å². The van der Waals surface area contributed by atoms with E-state index in [4.69, 9.17) is 9.47 Å². The van der Waals surface area contributed by atoms with Crippen molar-refractivity contribution < 1.29 is 14.6 Å². The predicted octanol–water partition coefficient (Wildman–Crippen LogP) is 3.64. The SMILES string of the molecule is COCc1cc(C2=CCCCC2)cc(COC)c1O. The third kappa shape index (κ3) is 3.37. The first-order valence-corrected chi connectivity index (χ1v) is 6.78. The number of phenolic OH excluding ortho intramolecular Hbond substituents is 1. The molecule has 0 radical (unpaired) electrons. The minimum absolute atomic E-state index is 0.295. The molecule has 0 fully saturated rings. The maximum atomic E-state index is 10.2. The lowest BCUT2D eigenvalue weighted by molar-refractivity contribution is 0.174. The molecule has 3 heteroatoms. The zero-order valence-corrected chi connectivity index (χ0v) is 11.7. The van der Waals surface area contributed by atoms with Gasteiger partial charge in [-0.2, -0.15) is 0 Å². The quantitative estimate of drug-likeness (QED) is 0.880. The summed E-state index contributed by atoms with van der Waals surface area (Å²) in [6.07, 6.45) is 7.09. The molecular formula is C16H22O3. The van der Waals surface area contributed by atoms with E-state index in [0.717, 1.165) is 24.0 Å². The number of aromatic hydroxyl groups is 1. The Balaban J connectivity index is 2.39. The third-order valence-corrected chi connectivity index (χ3v) is 3.53. The van der Waals surface area contributed by atoms with E-state index in [1.165, 1.54) is 24.0 Å². The van der Waals surface area contributed by atoms with Gasteiger partial charge in [-0.1, -0.05) is 6.08 Å². The minimum atomic E-state index is 0.295. The molecule has 3 nitrogen and oxygen atoms in total. The molecule has 0 heterocycles. The summed E-state index contributed by atoms with van der Waals surface area (Å²) in [4.78, 5) is 0. The number of hydrogen-bond donors (Lipinski definition) is 1. The van der Waals surface area contributed by atoms with Crippen LogP contribution in [0.3, 0.4) is 0 Å². The van der Waals surface area contributed by atoms with Crippen LogP contribution in [-0.4, -0.2) is 19.3 Å². The summed E-state index contributed by atoms with van der Waals surface area (Å²) in [5, 5.41) is 10.2. The Morgan fingerprint density at radius 3 is 2.16 bits per heavy atom. The fourth-order valence-corrected chi connectivity index (χ4v) is 2.58. The third-order valence-electron chi connectivity index (χ3n) is 3.53. The highest BCUT2D eigenvalue weighted by atomic mass is 16.5. The Morgan fingerprint density at radius 2 is 1.68 bits per heavy atom. The monoisotopic (exact) mass is 262 g/mol. The summed E-state index contributed by atoms with van der Waals surface area (Å²) in [5.74, 6) is 0.295. The molecule has 1 aromatic rings. The van der Waals surface area contributed by atoms with Crippen molar-refractivity contribution in [3.63, 3.8) is 0 Å². The van der Waals surface area contributed by atoms with E-state index in [9.17, 15) is 5.11 Å². The summed E-state index contributed by atoms with van der Waals surface area (Å²) in [6.45, 7) is 0.841. The van der Waals surface area contributed by atoms with Crippen LogP contribution >= 0.6 is 0 Å². The highest BCUT2D eigenvalue weighted by molar-refractivity contribution is 5.68. The van der Waals surface area contributed by atoms with Crippen molar-refractivity contribution in [2.24, 2.45) is 0 Å². The second-order valence-electron chi connectivity index (χ2n) is 4.98. The number of phenols is 1. The summed E-state index contributed by atoms with van der Waals surface area (Å²) in [5.41, 5.74) is 4.23. The number of rotatable bonds is 5. The molecule has 19 heavy (non-hydrogen) atoms. The van der Waals surface area contributed by atoms with E-state index in [1.807, 2.05) is 12.1 Å². The van der Waals surface area contributed by atoms with E-state index in [2.05, 4.69) is 6.08 Å². The molecule has 0 aliphatic heterocycles. The van der Waals surface area contributed by atoms with Gasteiger partial charge in [0.1, 0.15) is 5.75 Å². The number of allylic oxidation sites excluding steroid dienone is 2. The van der Waals surface area contributed by atoms with Crippen molar-refractivity contribution in [3.8, 4) is 5.75 Å². The van der Waals surface area contributed by atoms with E-state index >= 15 is 0 Å². The van der Waals surface area contributed by atoms with Crippen LogP contribution in [-0.2, 0) is 22.7 Å². The fourth-order valence-electron chi connectivity index (χ4n) is 2.58. The van der Waals surface area contributed by atoms with E-state index in [0.29, 0.717) is 19.0 Å². The van der Waals surface area contributed by atoms with Gasteiger partial charge in [0.15, 0.2) is 0 Å². The second-order valence-corrected chi connectivity index (χ2v) is 4.98. The van der Waals surface area contributed by atoms with Crippen LogP contribution in [0.5, 0.6) is 5.75 Å². The van der Waals surface area contributed by atoms with Crippen molar-refractivity contribution >= 4 is 5.57 Å². The van der Waals surface area contributed by atoms with Gasteiger partial charge in [-0.15, -0.1) is 0 Å². The fraction of sp³-hybridized carbons (Fsp3) is 0.500. The summed E-state index contributed by atoms with van der Waals surface area (Å²) in [6, 6.07) is 4.07. The number of ether oxygens (including phenoxy) is 2. The average molecular weight is 262 g/mol. The van der Waals surface area contributed by atoms with Crippen LogP contribution in [0.25, 0.3) is 5.57 Å². The van der Waals surface area contributed by atoms with E-state index in [-0.39, 0.29) is 0 Å². The van der Waals surface area contributed by atoms with E-state index < -0.39 is 0 Å². The molecule has 1 N–H and O–H groups in total. The Labute approximate surface area is 114 Å². The molecule has 0 aromatic heterocycles.